The van der Waals surface area contributed by atoms with E-state index < -0.39 is 0 Å². The molecule has 0 aliphatic rings. The van der Waals surface area contributed by atoms with Gasteiger partial charge in [0.1, 0.15) is 13.2 Å². The lowest BCUT2D eigenvalue weighted by Crippen LogP contribution is -2.31. The molecule has 0 bridgehead atoms. The van der Waals surface area contributed by atoms with Crippen LogP contribution in [-0.2, 0) is 19.1 Å². The molecule has 1 heterocycles. The molecule has 2 aromatic carbocycles. The number of esters is 2. The fourth-order valence-corrected chi connectivity index (χ4v) is 4.08. The van der Waals surface area contributed by atoms with Crippen LogP contribution in [0.2, 0.25) is 10.0 Å². The average molecular weight is 495 g/mol. The first-order valence-electron chi connectivity index (χ1n) is 9.61. The molecule has 0 spiro atoms. The Morgan fingerprint density at radius 1 is 0.969 bits per heavy atom. The summed E-state index contributed by atoms with van der Waals surface area (Å²) in [4.78, 5) is 28.4. The van der Waals surface area contributed by atoms with Crippen LogP contribution in [0.5, 0.6) is 0 Å². The maximum Gasteiger partial charge on any atom is 0.302 e. The summed E-state index contributed by atoms with van der Waals surface area (Å²) >= 11 is 13.6. The van der Waals surface area contributed by atoms with Gasteiger partial charge in [0.05, 0.1) is 39.0 Å². The van der Waals surface area contributed by atoms with E-state index in [-0.39, 0.29) is 25.2 Å². The summed E-state index contributed by atoms with van der Waals surface area (Å²) in [6, 6.07) is 10.8. The SMILES string of the molecule is CC(=O)OCCN(CCOC(C)=O)c1ccc(N=Nc2nc3ccc(Cl)c(Cl)c3s2)cc1. The van der Waals surface area contributed by atoms with E-state index in [1.54, 1.807) is 24.3 Å². The molecule has 0 N–H and O–H groups in total. The van der Waals surface area contributed by atoms with E-state index in [0.717, 1.165) is 10.4 Å². The molecule has 8 nitrogen and oxygen atoms in total. The van der Waals surface area contributed by atoms with E-state index in [4.69, 9.17) is 32.7 Å². The van der Waals surface area contributed by atoms with Crippen LogP contribution in [0.4, 0.5) is 16.5 Å². The van der Waals surface area contributed by atoms with E-state index >= 15 is 0 Å². The number of hydrogen-bond acceptors (Lipinski definition) is 9. The smallest absolute Gasteiger partial charge is 0.302 e. The molecule has 0 aliphatic heterocycles. The van der Waals surface area contributed by atoms with Gasteiger partial charge in [-0.1, -0.05) is 34.5 Å². The van der Waals surface area contributed by atoms with Crippen molar-refractivity contribution >= 4 is 73.2 Å². The van der Waals surface area contributed by atoms with Crippen molar-refractivity contribution in [2.75, 3.05) is 31.2 Å². The third-order valence-corrected chi connectivity index (χ3v) is 6.13. The molecule has 11 heteroatoms. The van der Waals surface area contributed by atoms with Crippen LogP contribution in [0.15, 0.2) is 46.6 Å². The monoisotopic (exact) mass is 494 g/mol. The van der Waals surface area contributed by atoms with Gasteiger partial charge in [-0.05, 0) is 36.4 Å². The largest absolute Gasteiger partial charge is 0.464 e. The van der Waals surface area contributed by atoms with Crippen molar-refractivity contribution in [1.29, 1.82) is 0 Å². The van der Waals surface area contributed by atoms with E-state index in [0.29, 0.717) is 39.5 Å². The molecule has 1 aromatic heterocycles. The molecular weight excluding hydrogens is 475 g/mol. The number of anilines is 1. The lowest BCUT2D eigenvalue weighted by molar-refractivity contribution is -0.141. The molecule has 32 heavy (non-hydrogen) atoms. The van der Waals surface area contributed by atoms with Gasteiger partial charge < -0.3 is 14.4 Å². The fourth-order valence-electron chi connectivity index (χ4n) is 2.77. The second kappa shape index (κ2) is 11.2. The van der Waals surface area contributed by atoms with Crippen molar-refractivity contribution in [2.24, 2.45) is 10.2 Å². The number of nitrogens with zero attached hydrogens (tertiary/aromatic N) is 4. The van der Waals surface area contributed by atoms with Crippen LogP contribution < -0.4 is 4.90 Å². The first-order chi connectivity index (χ1) is 15.3. The molecule has 0 saturated heterocycles. The van der Waals surface area contributed by atoms with Crippen molar-refractivity contribution in [2.45, 2.75) is 13.8 Å². The van der Waals surface area contributed by atoms with Crippen molar-refractivity contribution in [3.8, 4) is 0 Å². The van der Waals surface area contributed by atoms with Gasteiger partial charge in [-0.15, -0.1) is 10.2 Å². The highest BCUT2D eigenvalue weighted by Gasteiger charge is 2.11. The van der Waals surface area contributed by atoms with Crippen molar-refractivity contribution < 1.29 is 19.1 Å². The highest BCUT2D eigenvalue weighted by atomic mass is 35.5. The number of benzene rings is 2. The molecule has 0 radical (unpaired) electrons. The van der Waals surface area contributed by atoms with Crippen LogP contribution in [0.3, 0.4) is 0 Å². The molecule has 0 unspecified atom stereocenters. The Bertz CT molecular complexity index is 1110. The number of fused-ring (bicyclic) bond motifs is 1. The van der Waals surface area contributed by atoms with Gasteiger partial charge in [0.15, 0.2) is 0 Å². The predicted molar refractivity (Wildman–Crippen MR) is 126 cm³/mol. The van der Waals surface area contributed by atoms with Gasteiger partial charge in [0, 0.05) is 19.5 Å². The number of halogens is 2. The molecule has 0 amide bonds. The average Bonchev–Trinajstić information content (AvgIpc) is 3.18. The van der Waals surface area contributed by atoms with Gasteiger partial charge in [-0.3, -0.25) is 9.59 Å². The van der Waals surface area contributed by atoms with Crippen LogP contribution in [-0.4, -0.2) is 43.2 Å². The van der Waals surface area contributed by atoms with Gasteiger partial charge in [0.2, 0.25) is 5.13 Å². The first-order valence-corrected chi connectivity index (χ1v) is 11.2. The normalized spacial score (nSPS) is 11.1. The highest BCUT2D eigenvalue weighted by molar-refractivity contribution is 7.22. The van der Waals surface area contributed by atoms with Crippen LogP contribution in [0.1, 0.15) is 13.8 Å². The molecule has 168 valence electrons. The zero-order valence-electron chi connectivity index (χ0n) is 17.4. The fraction of sp³-hybridized carbons (Fsp3) is 0.286. The molecular formula is C21H20Cl2N4O4S. The van der Waals surface area contributed by atoms with Crippen LogP contribution in [0, 0.1) is 0 Å². The number of thiazole rings is 1. The Hall–Kier alpha value is -2.75. The third kappa shape index (κ3) is 6.62. The lowest BCUT2D eigenvalue weighted by Gasteiger charge is -2.24. The van der Waals surface area contributed by atoms with E-state index in [9.17, 15) is 9.59 Å². The van der Waals surface area contributed by atoms with Gasteiger partial charge in [0.25, 0.3) is 0 Å². The number of aromatic nitrogens is 1. The summed E-state index contributed by atoms with van der Waals surface area (Å²) in [7, 11) is 0. The van der Waals surface area contributed by atoms with Crippen LogP contribution >= 0.6 is 34.5 Å². The summed E-state index contributed by atoms with van der Waals surface area (Å²) in [6.45, 7) is 4.07. The second-order valence-corrected chi connectivity index (χ2v) is 8.35. The summed E-state index contributed by atoms with van der Waals surface area (Å²) in [5.74, 6) is -0.696. The number of carbonyl (C=O) groups excluding carboxylic acids is 2. The Morgan fingerprint density at radius 3 is 2.19 bits per heavy atom. The number of ether oxygens (including phenoxy) is 2. The predicted octanol–water partition coefficient (Wildman–Crippen LogP) is 5.95. The summed E-state index contributed by atoms with van der Waals surface area (Å²) in [5, 5.41) is 9.82. The molecule has 3 aromatic rings. The first kappa shape index (κ1) is 23.9. The topological polar surface area (TPSA) is 93.4 Å². The minimum Gasteiger partial charge on any atom is -0.464 e. The van der Waals surface area contributed by atoms with Gasteiger partial charge >= 0.3 is 11.9 Å². The minimum atomic E-state index is -0.348. The van der Waals surface area contributed by atoms with Crippen molar-refractivity contribution in [3.05, 3.63) is 46.4 Å². The number of rotatable bonds is 9. The van der Waals surface area contributed by atoms with E-state index in [2.05, 4.69) is 15.2 Å². The standard InChI is InChI=1S/C21H20Cl2N4O4S/c1-13(28)30-11-9-27(10-12-31-14(2)29)16-5-3-15(4-6-16)25-26-21-24-18-8-7-17(22)19(23)20(18)32-21/h3-8H,9-12H2,1-2H3. The summed E-state index contributed by atoms with van der Waals surface area (Å²) in [5.41, 5.74) is 2.21. The van der Waals surface area contributed by atoms with Crippen LogP contribution in [0.25, 0.3) is 10.2 Å². The number of azo groups is 1. The molecule has 0 saturated carbocycles. The number of hydrogen-bond donors (Lipinski definition) is 0. The third-order valence-electron chi connectivity index (χ3n) is 4.24. The minimum absolute atomic E-state index is 0.223. The maximum absolute atomic E-state index is 11.0. The maximum atomic E-state index is 11.0. The molecule has 0 aliphatic carbocycles. The van der Waals surface area contributed by atoms with Crippen molar-refractivity contribution in [3.63, 3.8) is 0 Å². The molecule has 3 rings (SSSR count). The Labute approximate surface area is 198 Å². The second-order valence-electron chi connectivity index (χ2n) is 6.59. The van der Waals surface area contributed by atoms with Gasteiger partial charge in [-0.25, -0.2) is 4.98 Å². The van der Waals surface area contributed by atoms with Gasteiger partial charge in [-0.2, -0.15) is 0 Å². The Kier molecular flexibility index (Phi) is 8.38. The zero-order valence-corrected chi connectivity index (χ0v) is 19.7. The summed E-state index contributed by atoms with van der Waals surface area (Å²) < 4.78 is 10.8. The van der Waals surface area contributed by atoms with Crippen molar-refractivity contribution in [1.82, 2.24) is 4.98 Å². The molecule has 0 fully saturated rings. The number of carbonyl (C=O) groups is 2. The zero-order chi connectivity index (χ0) is 23.1. The molecule has 0 atom stereocenters. The Morgan fingerprint density at radius 2 is 1.59 bits per heavy atom. The highest BCUT2D eigenvalue weighted by Crippen LogP contribution is 2.37. The lowest BCUT2D eigenvalue weighted by atomic mass is 10.2. The summed E-state index contributed by atoms with van der Waals surface area (Å²) in [6.07, 6.45) is 0. The van der Waals surface area contributed by atoms with E-state index in [1.807, 2.05) is 17.0 Å². The van der Waals surface area contributed by atoms with E-state index in [1.165, 1.54) is 25.2 Å². The quantitative estimate of drug-likeness (QED) is 0.269. The Balaban J connectivity index is 1.69.